The molecule has 0 spiro atoms. The zero-order chi connectivity index (χ0) is 15.1. The minimum atomic E-state index is 0.260. The van der Waals surface area contributed by atoms with Crippen LogP contribution < -0.4 is 10.6 Å². The molecule has 0 amide bonds. The standard InChI is InChI=1S/C18H32N2/c1-6-17(19)11-16-9-7-8-10-18(16)20(12-14(2)3)13-15(4)5/h7-10,14-15,17H,6,11-13,19H2,1-5H3. The van der Waals surface area contributed by atoms with Crippen LogP contribution in [0.4, 0.5) is 5.69 Å². The van der Waals surface area contributed by atoms with Gasteiger partial charge in [0.1, 0.15) is 0 Å². The van der Waals surface area contributed by atoms with Gasteiger partial charge in [-0.1, -0.05) is 52.8 Å². The van der Waals surface area contributed by atoms with E-state index in [4.69, 9.17) is 5.73 Å². The molecule has 1 unspecified atom stereocenters. The molecule has 0 saturated heterocycles. The third-order valence-electron chi connectivity index (χ3n) is 3.51. The summed E-state index contributed by atoms with van der Waals surface area (Å²) < 4.78 is 0. The molecule has 0 heterocycles. The number of nitrogens with zero attached hydrogens (tertiary/aromatic N) is 1. The van der Waals surface area contributed by atoms with Crippen LogP contribution in [0.15, 0.2) is 24.3 Å². The molecule has 1 aromatic carbocycles. The molecule has 0 radical (unpaired) electrons. The van der Waals surface area contributed by atoms with Crippen LogP contribution in [0.25, 0.3) is 0 Å². The number of para-hydroxylation sites is 1. The highest BCUT2D eigenvalue weighted by molar-refractivity contribution is 5.54. The fourth-order valence-corrected chi connectivity index (χ4v) is 2.57. The zero-order valence-corrected chi connectivity index (χ0v) is 13.9. The topological polar surface area (TPSA) is 29.3 Å². The fraction of sp³-hybridized carbons (Fsp3) is 0.667. The molecule has 0 saturated carbocycles. The molecule has 1 atom stereocenters. The molecule has 0 aliphatic rings. The predicted molar refractivity (Wildman–Crippen MR) is 90.3 cm³/mol. The van der Waals surface area contributed by atoms with Crippen molar-refractivity contribution in [3.8, 4) is 0 Å². The van der Waals surface area contributed by atoms with Crippen LogP contribution in [-0.4, -0.2) is 19.1 Å². The molecule has 1 rings (SSSR count). The van der Waals surface area contributed by atoms with Crippen LogP contribution in [0.1, 0.15) is 46.6 Å². The highest BCUT2D eigenvalue weighted by Gasteiger charge is 2.15. The van der Waals surface area contributed by atoms with Crippen LogP contribution >= 0.6 is 0 Å². The maximum absolute atomic E-state index is 6.16. The number of anilines is 1. The Morgan fingerprint density at radius 2 is 1.55 bits per heavy atom. The van der Waals surface area contributed by atoms with E-state index in [0.717, 1.165) is 25.9 Å². The Morgan fingerprint density at radius 1 is 1.00 bits per heavy atom. The van der Waals surface area contributed by atoms with Crippen molar-refractivity contribution >= 4 is 5.69 Å². The zero-order valence-electron chi connectivity index (χ0n) is 13.9. The van der Waals surface area contributed by atoms with Gasteiger partial charge in [0, 0.05) is 24.8 Å². The Morgan fingerprint density at radius 3 is 2.05 bits per heavy atom. The van der Waals surface area contributed by atoms with Crippen LogP contribution in [-0.2, 0) is 6.42 Å². The van der Waals surface area contributed by atoms with Gasteiger partial charge in [0.15, 0.2) is 0 Å². The van der Waals surface area contributed by atoms with Crippen molar-refractivity contribution < 1.29 is 0 Å². The first-order chi connectivity index (χ1) is 9.43. The first-order valence-corrected chi connectivity index (χ1v) is 8.02. The minimum Gasteiger partial charge on any atom is -0.371 e. The smallest absolute Gasteiger partial charge is 0.0399 e. The maximum atomic E-state index is 6.16. The predicted octanol–water partition coefficient (Wildman–Crippen LogP) is 4.08. The van der Waals surface area contributed by atoms with E-state index in [1.54, 1.807) is 0 Å². The molecule has 114 valence electrons. The second-order valence-corrected chi connectivity index (χ2v) is 6.69. The molecule has 1 aromatic rings. The van der Waals surface area contributed by atoms with Gasteiger partial charge in [-0.2, -0.15) is 0 Å². The van der Waals surface area contributed by atoms with E-state index < -0.39 is 0 Å². The first kappa shape index (κ1) is 17.0. The SMILES string of the molecule is CCC(N)Cc1ccccc1N(CC(C)C)CC(C)C. The summed E-state index contributed by atoms with van der Waals surface area (Å²) in [6, 6.07) is 9.02. The summed E-state index contributed by atoms with van der Waals surface area (Å²) in [5, 5.41) is 0. The highest BCUT2D eigenvalue weighted by atomic mass is 15.1. The Hall–Kier alpha value is -1.02. The van der Waals surface area contributed by atoms with Crippen LogP contribution in [0, 0.1) is 11.8 Å². The van der Waals surface area contributed by atoms with E-state index in [9.17, 15) is 0 Å². The van der Waals surface area contributed by atoms with Gasteiger partial charge in [0.25, 0.3) is 0 Å². The minimum absolute atomic E-state index is 0.260. The summed E-state index contributed by atoms with van der Waals surface area (Å²) in [5.74, 6) is 1.34. The lowest BCUT2D eigenvalue weighted by Crippen LogP contribution is -2.33. The lowest BCUT2D eigenvalue weighted by Gasteiger charge is -2.31. The lowest BCUT2D eigenvalue weighted by atomic mass is 10.0. The monoisotopic (exact) mass is 276 g/mol. The van der Waals surface area contributed by atoms with Crippen molar-refractivity contribution in [1.29, 1.82) is 0 Å². The quantitative estimate of drug-likeness (QED) is 0.775. The summed E-state index contributed by atoms with van der Waals surface area (Å²) in [5.41, 5.74) is 8.92. The number of benzene rings is 1. The van der Waals surface area contributed by atoms with E-state index in [-0.39, 0.29) is 6.04 Å². The molecule has 0 aliphatic heterocycles. The van der Waals surface area contributed by atoms with Crippen molar-refractivity contribution in [2.75, 3.05) is 18.0 Å². The summed E-state index contributed by atoms with van der Waals surface area (Å²) in [6.07, 6.45) is 2.00. The van der Waals surface area contributed by atoms with Crippen molar-refractivity contribution in [3.05, 3.63) is 29.8 Å². The van der Waals surface area contributed by atoms with Crippen molar-refractivity contribution in [1.82, 2.24) is 0 Å². The van der Waals surface area contributed by atoms with Gasteiger partial charge in [-0.05, 0) is 36.3 Å². The average molecular weight is 276 g/mol. The number of rotatable bonds is 8. The lowest BCUT2D eigenvalue weighted by molar-refractivity contribution is 0.549. The van der Waals surface area contributed by atoms with E-state index in [1.165, 1.54) is 11.3 Å². The molecule has 2 N–H and O–H groups in total. The molecule has 20 heavy (non-hydrogen) atoms. The van der Waals surface area contributed by atoms with Gasteiger partial charge in [-0.3, -0.25) is 0 Å². The van der Waals surface area contributed by atoms with Crippen LogP contribution in [0.2, 0.25) is 0 Å². The molecule has 0 fully saturated rings. The number of hydrogen-bond donors (Lipinski definition) is 1. The van der Waals surface area contributed by atoms with Gasteiger partial charge in [-0.15, -0.1) is 0 Å². The highest BCUT2D eigenvalue weighted by Crippen LogP contribution is 2.24. The summed E-state index contributed by atoms with van der Waals surface area (Å²) in [7, 11) is 0. The molecule has 2 nitrogen and oxygen atoms in total. The van der Waals surface area contributed by atoms with E-state index >= 15 is 0 Å². The van der Waals surface area contributed by atoms with Crippen molar-refractivity contribution in [2.24, 2.45) is 17.6 Å². The van der Waals surface area contributed by atoms with Crippen LogP contribution in [0.5, 0.6) is 0 Å². The normalized spacial score (nSPS) is 13.0. The second kappa shape index (κ2) is 8.31. The summed E-state index contributed by atoms with van der Waals surface area (Å²) in [6.45, 7) is 13.5. The third kappa shape index (κ3) is 5.54. The Bertz CT molecular complexity index is 375. The van der Waals surface area contributed by atoms with Crippen LogP contribution in [0.3, 0.4) is 0 Å². The summed E-state index contributed by atoms with van der Waals surface area (Å²) >= 11 is 0. The largest absolute Gasteiger partial charge is 0.371 e. The number of hydrogen-bond acceptors (Lipinski definition) is 2. The Balaban J connectivity index is 2.98. The molecule has 2 heteroatoms. The van der Waals surface area contributed by atoms with Crippen molar-refractivity contribution in [3.63, 3.8) is 0 Å². The van der Waals surface area contributed by atoms with Gasteiger partial charge in [0.05, 0.1) is 0 Å². The van der Waals surface area contributed by atoms with Gasteiger partial charge < -0.3 is 10.6 Å². The van der Waals surface area contributed by atoms with Gasteiger partial charge in [-0.25, -0.2) is 0 Å². The molecular weight excluding hydrogens is 244 g/mol. The van der Waals surface area contributed by atoms with Gasteiger partial charge in [0.2, 0.25) is 0 Å². The van der Waals surface area contributed by atoms with Gasteiger partial charge >= 0.3 is 0 Å². The number of nitrogens with two attached hydrogens (primary N) is 1. The average Bonchev–Trinajstić information content (AvgIpc) is 2.37. The molecule has 0 bridgehead atoms. The van der Waals surface area contributed by atoms with E-state index in [0.29, 0.717) is 11.8 Å². The fourth-order valence-electron chi connectivity index (χ4n) is 2.57. The molecular formula is C18H32N2. The van der Waals surface area contributed by atoms with Crippen molar-refractivity contribution in [2.45, 2.75) is 53.5 Å². The maximum Gasteiger partial charge on any atom is 0.0399 e. The Labute approximate surface area is 125 Å². The van der Waals surface area contributed by atoms with E-state index in [2.05, 4.69) is 63.8 Å². The summed E-state index contributed by atoms with van der Waals surface area (Å²) in [4.78, 5) is 2.53. The Kier molecular flexibility index (Phi) is 7.08. The molecule has 0 aromatic heterocycles. The third-order valence-corrected chi connectivity index (χ3v) is 3.51. The van der Waals surface area contributed by atoms with E-state index in [1.807, 2.05) is 0 Å². The molecule has 0 aliphatic carbocycles. The first-order valence-electron chi connectivity index (χ1n) is 8.02. The second-order valence-electron chi connectivity index (χ2n) is 6.69.